The van der Waals surface area contributed by atoms with Gasteiger partial charge in [0.1, 0.15) is 6.26 Å². The maximum atomic E-state index is 13.2. The molecule has 1 unspecified atom stereocenters. The molecule has 6 heteroatoms. The van der Waals surface area contributed by atoms with Gasteiger partial charge in [0.15, 0.2) is 0 Å². The summed E-state index contributed by atoms with van der Waals surface area (Å²) < 4.78 is 18.4. The van der Waals surface area contributed by atoms with Crippen molar-refractivity contribution in [3.05, 3.63) is 66.0 Å². The van der Waals surface area contributed by atoms with Crippen molar-refractivity contribution in [2.24, 2.45) is 5.41 Å². The van der Waals surface area contributed by atoms with Crippen LogP contribution in [0.3, 0.4) is 0 Å². The summed E-state index contributed by atoms with van der Waals surface area (Å²) in [6.45, 7) is 1.92. The van der Waals surface area contributed by atoms with Crippen LogP contribution in [0.25, 0.3) is 16.5 Å². The van der Waals surface area contributed by atoms with Gasteiger partial charge in [0.05, 0.1) is 30.5 Å². The van der Waals surface area contributed by atoms with E-state index in [2.05, 4.69) is 21.4 Å². The van der Waals surface area contributed by atoms with Gasteiger partial charge in [-0.1, -0.05) is 31.2 Å². The van der Waals surface area contributed by atoms with Crippen LogP contribution in [0.15, 0.2) is 53.4 Å². The number of oxazole rings is 1. The average Bonchev–Trinajstić information content (AvgIpc) is 3.25. The fourth-order valence-corrected chi connectivity index (χ4v) is 3.52. The fraction of sp³-hybridized carbons (Fsp3) is 0.318. The molecule has 1 atom stereocenters. The quantitative estimate of drug-likeness (QED) is 0.698. The van der Waals surface area contributed by atoms with Gasteiger partial charge in [-0.2, -0.15) is 0 Å². The van der Waals surface area contributed by atoms with Gasteiger partial charge in [-0.15, -0.1) is 0 Å². The predicted octanol–water partition coefficient (Wildman–Crippen LogP) is 4.70. The number of carbonyl (C=O) groups excluding carboxylic acids is 1. The van der Waals surface area contributed by atoms with Crippen LogP contribution in [-0.4, -0.2) is 22.5 Å². The number of halogens is 1. The molecule has 1 aromatic carbocycles. The first-order valence-corrected chi connectivity index (χ1v) is 9.39. The minimum absolute atomic E-state index is 0.226. The number of pyridine rings is 1. The normalized spacial score (nSPS) is 19.4. The largest absolute Gasteiger partial charge is 0.447 e. The molecule has 1 amide bonds. The van der Waals surface area contributed by atoms with Crippen LogP contribution in [0.1, 0.15) is 48.0 Å². The lowest BCUT2D eigenvalue weighted by atomic mass is 9.76. The Morgan fingerprint density at radius 1 is 1.36 bits per heavy atom. The lowest BCUT2D eigenvalue weighted by molar-refractivity contribution is 0.0947. The van der Waals surface area contributed by atoms with Crippen LogP contribution in [0, 0.1) is 5.41 Å². The number of allylic oxidation sites excluding steroid dienone is 2. The number of para-hydroxylation sites is 1. The second kappa shape index (κ2) is 7.54. The number of hydrogen-bond acceptors (Lipinski definition) is 4. The van der Waals surface area contributed by atoms with Gasteiger partial charge in [-0.05, 0) is 36.3 Å². The summed E-state index contributed by atoms with van der Waals surface area (Å²) in [5, 5.41) is 3.68. The Bertz CT molecular complexity index is 1030. The Morgan fingerprint density at radius 3 is 2.96 bits per heavy atom. The number of hydrogen-bond donors (Lipinski definition) is 1. The van der Waals surface area contributed by atoms with E-state index in [1.54, 1.807) is 6.20 Å². The first-order chi connectivity index (χ1) is 13.6. The molecule has 1 aliphatic carbocycles. The van der Waals surface area contributed by atoms with Gasteiger partial charge in [0, 0.05) is 17.1 Å². The van der Waals surface area contributed by atoms with E-state index >= 15 is 0 Å². The highest BCUT2D eigenvalue weighted by Crippen LogP contribution is 2.40. The Balaban J connectivity index is 1.57. The van der Waals surface area contributed by atoms with Crippen LogP contribution >= 0.6 is 0 Å². The van der Waals surface area contributed by atoms with Crippen LogP contribution in [0.2, 0.25) is 0 Å². The van der Waals surface area contributed by atoms with Gasteiger partial charge < -0.3 is 9.73 Å². The number of nitrogens with one attached hydrogen (secondary N) is 1. The zero-order valence-electron chi connectivity index (χ0n) is 15.7. The van der Waals surface area contributed by atoms with E-state index in [4.69, 9.17) is 4.42 Å². The standard InChI is InChI=1S/C22H22FN3O2/c1-22(14-23)7-5-15(6-8-22)18-4-2-3-16-11-17(12-25-20(16)18)21(27)26-13-19-24-9-10-28-19/h2-5,9-12H,6-8,13-14H2,1H3,(H,26,27). The van der Waals surface area contributed by atoms with Gasteiger partial charge in [-0.3, -0.25) is 14.2 Å². The van der Waals surface area contributed by atoms with E-state index in [9.17, 15) is 9.18 Å². The number of benzene rings is 1. The van der Waals surface area contributed by atoms with Crippen molar-refractivity contribution in [1.82, 2.24) is 15.3 Å². The first-order valence-electron chi connectivity index (χ1n) is 9.39. The molecule has 3 aromatic rings. The molecule has 2 heterocycles. The highest BCUT2D eigenvalue weighted by atomic mass is 19.1. The minimum atomic E-state index is -0.295. The van der Waals surface area contributed by atoms with Crippen LogP contribution < -0.4 is 5.32 Å². The van der Waals surface area contributed by atoms with Crippen molar-refractivity contribution >= 4 is 22.4 Å². The highest BCUT2D eigenvalue weighted by Gasteiger charge is 2.27. The first kappa shape index (κ1) is 18.3. The number of amides is 1. The summed E-state index contributed by atoms with van der Waals surface area (Å²) in [5.74, 6) is 0.225. The van der Waals surface area contributed by atoms with Crippen LogP contribution in [-0.2, 0) is 6.54 Å². The number of carbonyl (C=O) groups is 1. The molecule has 5 nitrogen and oxygen atoms in total. The van der Waals surface area contributed by atoms with E-state index in [-0.39, 0.29) is 24.5 Å². The molecule has 0 spiro atoms. The minimum Gasteiger partial charge on any atom is -0.447 e. The number of rotatable bonds is 5. The summed E-state index contributed by atoms with van der Waals surface area (Å²) in [4.78, 5) is 21.0. The van der Waals surface area contributed by atoms with E-state index in [1.165, 1.54) is 18.0 Å². The van der Waals surface area contributed by atoms with Crippen LogP contribution in [0.4, 0.5) is 4.39 Å². The Morgan fingerprint density at radius 2 is 2.25 bits per heavy atom. The summed E-state index contributed by atoms with van der Waals surface area (Å²) in [7, 11) is 0. The molecule has 1 N–H and O–H groups in total. The van der Waals surface area contributed by atoms with Crippen molar-refractivity contribution in [3.8, 4) is 0 Å². The molecule has 0 bridgehead atoms. The molecule has 0 fully saturated rings. The zero-order valence-corrected chi connectivity index (χ0v) is 15.7. The zero-order chi connectivity index (χ0) is 19.6. The Hall–Kier alpha value is -3.02. The van der Waals surface area contributed by atoms with Gasteiger partial charge in [0.25, 0.3) is 5.91 Å². The summed E-state index contributed by atoms with van der Waals surface area (Å²) >= 11 is 0. The second-order valence-electron chi connectivity index (χ2n) is 7.59. The third-order valence-electron chi connectivity index (χ3n) is 5.36. The maximum absolute atomic E-state index is 13.2. The Kier molecular flexibility index (Phi) is 4.94. The number of aromatic nitrogens is 2. The SMILES string of the molecule is CC1(CF)CC=C(c2cccc3cc(C(=O)NCc4ncco4)cnc23)CC1. The van der Waals surface area contributed by atoms with Crippen molar-refractivity contribution < 1.29 is 13.6 Å². The third kappa shape index (κ3) is 3.67. The van der Waals surface area contributed by atoms with Crippen molar-refractivity contribution in [2.75, 3.05) is 6.67 Å². The molecule has 28 heavy (non-hydrogen) atoms. The van der Waals surface area contributed by atoms with Crippen molar-refractivity contribution in [1.29, 1.82) is 0 Å². The smallest absolute Gasteiger partial charge is 0.253 e. The van der Waals surface area contributed by atoms with E-state index in [1.807, 2.05) is 31.2 Å². The number of nitrogens with zero attached hydrogens (tertiary/aromatic N) is 2. The van der Waals surface area contributed by atoms with Gasteiger partial charge in [0.2, 0.25) is 5.89 Å². The Labute approximate surface area is 162 Å². The molecule has 0 radical (unpaired) electrons. The number of fused-ring (bicyclic) bond motifs is 1. The van der Waals surface area contributed by atoms with E-state index in [0.29, 0.717) is 11.5 Å². The average molecular weight is 379 g/mol. The second-order valence-corrected chi connectivity index (χ2v) is 7.59. The highest BCUT2D eigenvalue weighted by molar-refractivity contribution is 5.99. The van der Waals surface area contributed by atoms with Crippen LogP contribution in [0.5, 0.6) is 0 Å². The molecular formula is C22H22FN3O2. The molecule has 1 aliphatic rings. The predicted molar refractivity (Wildman–Crippen MR) is 105 cm³/mol. The molecular weight excluding hydrogens is 357 g/mol. The van der Waals surface area contributed by atoms with E-state index in [0.717, 1.165) is 35.7 Å². The summed E-state index contributed by atoms with van der Waals surface area (Å²) in [6, 6.07) is 7.80. The van der Waals surface area contributed by atoms with Gasteiger partial charge >= 0.3 is 0 Å². The third-order valence-corrected chi connectivity index (χ3v) is 5.36. The van der Waals surface area contributed by atoms with Crippen molar-refractivity contribution in [2.45, 2.75) is 32.7 Å². The molecule has 0 aliphatic heterocycles. The molecule has 4 rings (SSSR count). The summed E-state index contributed by atoms with van der Waals surface area (Å²) in [5.41, 5.74) is 3.35. The van der Waals surface area contributed by atoms with Gasteiger partial charge in [-0.25, -0.2) is 4.98 Å². The fourth-order valence-electron chi connectivity index (χ4n) is 3.52. The molecule has 144 valence electrons. The van der Waals surface area contributed by atoms with E-state index < -0.39 is 0 Å². The molecule has 2 aromatic heterocycles. The monoisotopic (exact) mass is 379 g/mol. The van der Waals surface area contributed by atoms with Crippen molar-refractivity contribution in [3.63, 3.8) is 0 Å². The maximum Gasteiger partial charge on any atom is 0.253 e. The lowest BCUT2D eigenvalue weighted by Gasteiger charge is -2.30. The molecule has 0 saturated carbocycles. The topological polar surface area (TPSA) is 68.0 Å². The lowest BCUT2D eigenvalue weighted by Crippen LogP contribution is -2.23. The molecule has 0 saturated heterocycles. The number of alkyl halides is 1. The summed E-state index contributed by atoms with van der Waals surface area (Å²) in [6.07, 6.45) is 9.12.